The van der Waals surface area contributed by atoms with Gasteiger partial charge in [0.1, 0.15) is 0 Å². The molecule has 0 aliphatic carbocycles. The molecule has 1 heterocycles. The summed E-state index contributed by atoms with van der Waals surface area (Å²) in [5.74, 6) is 0.458. The molecule has 0 saturated heterocycles. The van der Waals surface area contributed by atoms with Crippen LogP contribution in [0.5, 0.6) is 0 Å². The van der Waals surface area contributed by atoms with Crippen LogP contribution in [0.15, 0.2) is 35.3 Å². The summed E-state index contributed by atoms with van der Waals surface area (Å²) in [5, 5.41) is 0.862. The summed E-state index contributed by atoms with van der Waals surface area (Å²) in [5.41, 5.74) is 7.03. The van der Waals surface area contributed by atoms with Gasteiger partial charge in [-0.05, 0) is 28.5 Å². The van der Waals surface area contributed by atoms with Crippen LogP contribution in [0.1, 0.15) is 24.0 Å². The van der Waals surface area contributed by atoms with Gasteiger partial charge in [-0.15, -0.1) is 0 Å². The summed E-state index contributed by atoms with van der Waals surface area (Å²) in [6.07, 6.45) is -4.36. The predicted molar refractivity (Wildman–Crippen MR) is 82.3 cm³/mol. The number of benzene rings is 2. The lowest BCUT2D eigenvalue weighted by Crippen LogP contribution is -2.36. The molecule has 116 valence electrons. The molecule has 3 nitrogen and oxygen atoms in total. The number of anilines is 1. The average Bonchev–Trinajstić information content (AvgIpc) is 2.82. The Hall–Kier alpha value is -2.24. The van der Waals surface area contributed by atoms with Crippen molar-refractivity contribution in [2.75, 3.05) is 18.5 Å². The van der Waals surface area contributed by atoms with Crippen molar-refractivity contribution in [3.63, 3.8) is 0 Å². The van der Waals surface area contributed by atoms with Crippen LogP contribution in [0.2, 0.25) is 0 Å². The van der Waals surface area contributed by atoms with E-state index in [9.17, 15) is 13.2 Å². The molecule has 0 aromatic heterocycles. The van der Waals surface area contributed by atoms with Crippen LogP contribution >= 0.6 is 0 Å². The minimum absolute atomic E-state index is 0.0856. The van der Waals surface area contributed by atoms with Gasteiger partial charge >= 0.3 is 6.18 Å². The van der Waals surface area contributed by atoms with E-state index in [4.69, 9.17) is 5.73 Å². The molecule has 2 N–H and O–H groups in total. The summed E-state index contributed by atoms with van der Waals surface area (Å²) >= 11 is 0. The highest BCUT2D eigenvalue weighted by Crippen LogP contribution is 2.43. The molecule has 0 amide bonds. The second kappa shape index (κ2) is 4.90. The number of nitrogens with zero attached hydrogens (tertiary/aromatic N) is 2. The van der Waals surface area contributed by atoms with Gasteiger partial charge in [-0.1, -0.05) is 25.1 Å². The van der Waals surface area contributed by atoms with Gasteiger partial charge in [0, 0.05) is 25.2 Å². The fourth-order valence-electron chi connectivity index (χ4n) is 3.17. The molecule has 0 bridgehead atoms. The SMILES string of the molecule is CN=C(N)N1CC(C)c2c1ccc1c(C(F)(F)F)cccc21. The van der Waals surface area contributed by atoms with Crippen LogP contribution in [0, 0.1) is 0 Å². The molecule has 1 aliphatic heterocycles. The van der Waals surface area contributed by atoms with Gasteiger partial charge in [0.15, 0.2) is 5.96 Å². The van der Waals surface area contributed by atoms with E-state index < -0.39 is 11.7 Å². The Morgan fingerprint density at radius 1 is 1.23 bits per heavy atom. The van der Waals surface area contributed by atoms with Crippen molar-refractivity contribution in [2.45, 2.75) is 19.0 Å². The maximum atomic E-state index is 13.2. The standard InChI is InChI=1S/C16H16F3N3/c1-9-8-22(15(20)21-2)13-7-6-10-11(14(9)13)4-3-5-12(10)16(17,18)19/h3-7,9H,8H2,1-2H3,(H2,20,21). The molecule has 1 unspecified atom stereocenters. The van der Waals surface area contributed by atoms with E-state index in [2.05, 4.69) is 4.99 Å². The summed E-state index contributed by atoms with van der Waals surface area (Å²) in [7, 11) is 1.60. The zero-order valence-electron chi connectivity index (χ0n) is 12.3. The Labute approximate surface area is 126 Å². The van der Waals surface area contributed by atoms with Crippen LogP contribution in [-0.2, 0) is 6.18 Å². The fourth-order valence-corrected chi connectivity index (χ4v) is 3.17. The van der Waals surface area contributed by atoms with Crippen molar-refractivity contribution in [1.29, 1.82) is 0 Å². The molecule has 0 radical (unpaired) electrons. The number of alkyl halides is 3. The van der Waals surface area contributed by atoms with Gasteiger partial charge in [-0.2, -0.15) is 13.2 Å². The maximum Gasteiger partial charge on any atom is 0.417 e. The van der Waals surface area contributed by atoms with Gasteiger partial charge in [-0.3, -0.25) is 4.99 Å². The summed E-state index contributed by atoms with van der Waals surface area (Å²) < 4.78 is 39.5. The monoisotopic (exact) mass is 307 g/mol. The van der Waals surface area contributed by atoms with E-state index >= 15 is 0 Å². The van der Waals surface area contributed by atoms with Crippen LogP contribution < -0.4 is 10.6 Å². The van der Waals surface area contributed by atoms with E-state index in [-0.39, 0.29) is 11.3 Å². The first-order valence-electron chi connectivity index (χ1n) is 6.97. The normalized spacial score (nSPS) is 18.9. The Morgan fingerprint density at radius 2 is 1.95 bits per heavy atom. The van der Waals surface area contributed by atoms with Crippen molar-refractivity contribution < 1.29 is 13.2 Å². The van der Waals surface area contributed by atoms with Crippen LogP contribution in [-0.4, -0.2) is 19.6 Å². The average molecular weight is 307 g/mol. The number of guanidine groups is 1. The third-order valence-corrected chi connectivity index (χ3v) is 4.13. The molecule has 3 rings (SSSR count). The molecule has 2 aromatic rings. The fraction of sp³-hybridized carbons (Fsp3) is 0.312. The van der Waals surface area contributed by atoms with Crippen molar-refractivity contribution in [1.82, 2.24) is 0 Å². The molecule has 6 heteroatoms. The highest BCUT2D eigenvalue weighted by Gasteiger charge is 2.35. The number of rotatable bonds is 0. The van der Waals surface area contributed by atoms with Crippen molar-refractivity contribution >= 4 is 22.4 Å². The van der Waals surface area contributed by atoms with Crippen LogP contribution in [0.25, 0.3) is 10.8 Å². The minimum atomic E-state index is -4.36. The van der Waals surface area contributed by atoms with Crippen molar-refractivity contribution in [3.8, 4) is 0 Å². The van der Waals surface area contributed by atoms with Gasteiger partial charge in [0.05, 0.1) is 5.56 Å². The zero-order chi connectivity index (χ0) is 16.1. The number of hydrogen-bond donors (Lipinski definition) is 1. The molecule has 0 spiro atoms. The number of aliphatic imine (C=N–C) groups is 1. The summed E-state index contributed by atoms with van der Waals surface area (Å²) in [4.78, 5) is 5.83. The quantitative estimate of drug-likeness (QED) is 0.595. The van der Waals surface area contributed by atoms with E-state index in [0.29, 0.717) is 17.9 Å². The number of hydrogen-bond acceptors (Lipinski definition) is 1. The molecular formula is C16H16F3N3. The zero-order valence-corrected chi connectivity index (χ0v) is 12.3. The Balaban J connectivity index is 2.29. The molecule has 1 aliphatic rings. The van der Waals surface area contributed by atoms with E-state index in [0.717, 1.165) is 17.3 Å². The largest absolute Gasteiger partial charge is 0.417 e. The maximum absolute atomic E-state index is 13.2. The van der Waals surface area contributed by atoms with Gasteiger partial charge in [-0.25, -0.2) is 0 Å². The van der Waals surface area contributed by atoms with Gasteiger partial charge < -0.3 is 10.6 Å². The van der Waals surface area contributed by atoms with Crippen LogP contribution in [0.3, 0.4) is 0 Å². The topological polar surface area (TPSA) is 41.6 Å². The van der Waals surface area contributed by atoms with Crippen LogP contribution in [0.4, 0.5) is 18.9 Å². The molecular weight excluding hydrogens is 291 g/mol. The van der Waals surface area contributed by atoms with E-state index in [1.807, 2.05) is 11.8 Å². The highest BCUT2D eigenvalue weighted by molar-refractivity contribution is 6.02. The second-order valence-electron chi connectivity index (χ2n) is 5.49. The van der Waals surface area contributed by atoms with E-state index in [1.54, 1.807) is 19.2 Å². The molecule has 1 atom stereocenters. The Bertz CT molecular complexity index is 765. The summed E-state index contributed by atoms with van der Waals surface area (Å²) in [6, 6.07) is 7.54. The second-order valence-corrected chi connectivity index (χ2v) is 5.49. The van der Waals surface area contributed by atoms with Gasteiger partial charge in [0.25, 0.3) is 0 Å². The lowest BCUT2D eigenvalue weighted by atomic mass is 9.94. The first-order chi connectivity index (χ1) is 10.3. The lowest BCUT2D eigenvalue weighted by molar-refractivity contribution is -0.136. The Morgan fingerprint density at radius 3 is 2.59 bits per heavy atom. The molecule has 22 heavy (non-hydrogen) atoms. The Kier molecular flexibility index (Phi) is 3.27. The number of fused-ring (bicyclic) bond motifs is 3. The first kappa shape index (κ1) is 14.7. The smallest absolute Gasteiger partial charge is 0.370 e. The minimum Gasteiger partial charge on any atom is -0.370 e. The molecule has 2 aromatic carbocycles. The van der Waals surface area contributed by atoms with Crippen molar-refractivity contribution in [2.24, 2.45) is 10.7 Å². The van der Waals surface area contributed by atoms with E-state index in [1.165, 1.54) is 12.1 Å². The lowest BCUT2D eigenvalue weighted by Gasteiger charge is -2.18. The number of halogens is 3. The third kappa shape index (κ3) is 2.10. The number of nitrogens with two attached hydrogens (primary N) is 1. The first-order valence-corrected chi connectivity index (χ1v) is 6.97. The predicted octanol–water partition coefficient (Wildman–Crippen LogP) is 3.73. The third-order valence-electron chi connectivity index (χ3n) is 4.13. The molecule has 0 saturated carbocycles. The summed E-state index contributed by atoms with van der Waals surface area (Å²) in [6.45, 7) is 2.61. The molecule has 0 fully saturated rings. The van der Waals surface area contributed by atoms with Crippen molar-refractivity contribution in [3.05, 3.63) is 41.5 Å². The van der Waals surface area contributed by atoms with Gasteiger partial charge in [0.2, 0.25) is 0 Å². The highest BCUT2D eigenvalue weighted by atomic mass is 19.4.